The molecule has 0 unspecified atom stereocenters. The van der Waals surface area contributed by atoms with Crippen molar-refractivity contribution in [2.24, 2.45) is 0 Å². The minimum absolute atomic E-state index is 0.504. The van der Waals surface area contributed by atoms with Gasteiger partial charge in [-0.05, 0) is 75.4 Å². The Kier molecular flexibility index (Phi) is 25.0. The van der Waals surface area contributed by atoms with Crippen molar-refractivity contribution in [1.82, 2.24) is 0 Å². The maximum Gasteiger partial charge on any atom is 0.165 e. The monoisotopic (exact) mass is 1040 g/mol. The van der Waals surface area contributed by atoms with Crippen LogP contribution in [0.25, 0.3) is 0 Å². The lowest BCUT2D eigenvalue weighted by molar-refractivity contribution is -2.00. The fourth-order valence-corrected chi connectivity index (χ4v) is 5.85. The number of rotatable bonds is 12. The molecule has 0 aliphatic rings. The van der Waals surface area contributed by atoms with Gasteiger partial charge in [0.05, 0.1) is 17.1 Å². The lowest BCUT2D eigenvalue weighted by Crippen LogP contribution is -2.68. The zero-order valence-corrected chi connectivity index (χ0v) is 41.5. The highest BCUT2D eigenvalue weighted by molar-refractivity contribution is 6.34. The molecular weight excluding hydrogens is 993 g/mol. The highest BCUT2D eigenvalue weighted by atomic mass is 35.7. The van der Waals surface area contributed by atoms with E-state index >= 15 is 0 Å². The maximum atomic E-state index is 8.49. The third kappa shape index (κ3) is 26.2. The SMILES string of the molecule is Cc1ccc(N(/C(Cl)=C/C=[N+](C)C)c2cc(N(/C(Cl)=C/C=[N+](C)C)c3ccc(C)cc3)cc(N(/C(Cl)=C/C=[N+](C)C)c3ccc(C)cc3)c2)cc1.[O-][Cl+3]([O-])([O-])[O-].[O-][Cl+3]([O-])([O-])[O-].[O-][Cl+3]([O-])([O-])[O-]. The first-order chi connectivity index (χ1) is 30.2. The molecule has 0 amide bonds. The van der Waals surface area contributed by atoms with E-state index in [1.807, 2.05) is 108 Å². The summed E-state index contributed by atoms with van der Waals surface area (Å²) in [5.74, 6) is 0. The van der Waals surface area contributed by atoms with Crippen LogP contribution < -0.4 is 70.6 Å². The van der Waals surface area contributed by atoms with Gasteiger partial charge in [-0.2, -0.15) is 0 Å². The van der Waals surface area contributed by atoms with Crippen LogP contribution in [0.4, 0.5) is 34.1 Å². The number of hydrogen-bond donors (Lipinski definition) is 0. The number of nitrogens with zero attached hydrogens (tertiary/aromatic N) is 6. The molecule has 24 heteroatoms. The molecule has 4 aromatic carbocycles. The fourth-order valence-electron chi connectivity index (χ4n) is 5.09. The van der Waals surface area contributed by atoms with Gasteiger partial charge in [0.2, 0.25) is 0 Å². The van der Waals surface area contributed by atoms with Crippen LogP contribution in [0.1, 0.15) is 16.7 Å². The molecule has 4 aromatic rings. The van der Waals surface area contributed by atoms with Crippen molar-refractivity contribution in [3.8, 4) is 0 Å². The fraction of sp³-hybridized carbons (Fsp3) is 0.214. The molecule has 0 heterocycles. The van der Waals surface area contributed by atoms with E-state index in [4.69, 9.17) is 90.7 Å². The molecule has 0 bridgehead atoms. The van der Waals surface area contributed by atoms with E-state index in [1.54, 1.807) is 0 Å². The molecule has 0 radical (unpaired) electrons. The third-order valence-corrected chi connectivity index (χ3v) is 8.59. The Hall–Kier alpha value is -4.23. The molecule has 0 aromatic heterocycles. The number of anilines is 6. The van der Waals surface area contributed by atoms with Crippen molar-refractivity contribution in [1.29, 1.82) is 0 Å². The van der Waals surface area contributed by atoms with Gasteiger partial charge >= 0.3 is 0 Å². The van der Waals surface area contributed by atoms with Gasteiger partial charge in [-0.1, -0.05) is 87.9 Å². The number of benzene rings is 4. The van der Waals surface area contributed by atoms with Crippen LogP contribution in [0.3, 0.4) is 0 Å². The first kappa shape index (κ1) is 59.8. The molecule has 66 heavy (non-hydrogen) atoms. The average Bonchev–Trinajstić information content (AvgIpc) is 3.16. The average molecular weight is 1040 g/mol. The van der Waals surface area contributed by atoms with Crippen molar-refractivity contribution in [3.05, 3.63) is 141 Å². The predicted molar refractivity (Wildman–Crippen MR) is 223 cm³/mol. The number of halogens is 6. The van der Waals surface area contributed by atoms with Crippen molar-refractivity contribution in [2.75, 3.05) is 57.0 Å². The molecule has 360 valence electrons. The van der Waals surface area contributed by atoms with Gasteiger partial charge < -0.3 is 14.7 Å². The second-order valence-corrected chi connectivity index (χ2v) is 17.6. The quantitative estimate of drug-likeness (QED) is 0.0743. The summed E-state index contributed by atoms with van der Waals surface area (Å²) in [5, 5.41) is 1.51. The van der Waals surface area contributed by atoms with E-state index in [-0.39, 0.29) is 0 Å². The highest BCUT2D eigenvalue weighted by Gasteiger charge is 2.23. The van der Waals surface area contributed by atoms with Gasteiger partial charge in [0, 0.05) is 35.3 Å². The molecule has 0 N–H and O–H groups in total. The maximum absolute atomic E-state index is 8.49. The van der Waals surface area contributed by atoms with Crippen LogP contribution in [0.5, 0.6) is 0 Å². The summed E-state index contributed by atoms with van der Waals surface area (Å²) >= 11 is 21.7. The normalized spacial score (nSPS) is 11.9. The first-order valence-electron chi connectivity index (χ1n) is 18.5. The minimum Gasteiger partial charge on any atom is -0.300 e. The lowest BCUT2D eigenvalue weighted by atomic mass is 10.1. The summed E-state index contributed by atoms with van der Waals surface area (Å²) in [6.45, 7) is 6.21. The van der Waals surface area contributed by atoms with E-state index in [9.17, 15) is 0 Å². The Labute approximate surface area is 405 Å². The van der Waals surface area contributed by atoms with Crippen LogP contribution in [0, 0.1) is 51.5 Å². The van der Waals surface area contributed by atoms with Gasteiger partial charge in [-0.15, -0.1) is 30.7 Å². The Morgan fingerprint density at radius 1 is 0.364 bits per heavy atom. The Balaban J connectivity index is 0.00000125. The van der Waals surface area contributed by atoms with Crippen LogP contribution in [-0.4, -0.2) is 74.7 Å². The zero-order chi connectivity index (χ0) is 50.7. The third-order valence-electron chi connectivity index (χ3n) is 7.71. The van der Waals surface area contributed by atoms with E-state index in [0.29, 0.717) is 15.5 Å². The van der Waals surface area contributed by atoms with E-state index in [1.165, 1.54) is 0 Å². The molecule has 0 spiro atoms. The summed E-state index contributed by atoms with van der Waals surface area (Å²) in [6, 6.07) is 31.2. The molecule has 4 rings (SSSR count). The van der Waals surface area contributed by atoms with E-state index in [2.05, 4.69) is 112 Å². The minimum atomic E-state index is -4.94. The Bertz CT molecular complexity index is 2040. The first-order valence-corrected chi connectivity index (χ1v) is 23.3. The largest absolute Gasteiger partial charge is 0.300 e. The van der Waals surface area contributed by atoms with Gasteiger partial charge in [-0.3, -0.25) is 0 Å². The van der Waals surface area contributed by atoms with Gasteiger partial charge in [0.15, 0.2) is 18.6 Å². The predicted octanol–water partition coefficient (Wildman–Crippen LogP) is -3.97. The topological polar surface area (TPSA) is 295 Å². The molecule has 0 saturated carbocycles. The van der Waals surface area contributed by atoms with Crippen LogP contribution in [-0.2, 0) is 0 Å². The van der Waals surface area contributed by atoms with Gasteiger partial charge in [-0.25, -0.2) is 69.6 Å². The van der Waals surface area contributed by atoms with Crippen LogP contribution >= 0.6 is 34.8 Å². The number of hydrogen-bond acceptors (Lipinski definition) is 15. The summed E-state index contributed by atoms with van der Waals surface area (Å²) < 4.78 is 108. The molecule has 0 aliphatic heterocycles. The van der Waals surface area contributed by atoms with Gasteiger partial charge in [0.25, 0.3) is 0 Å². The molecule has 18 nitrogen and oxygen atoms in total. The summed E-state index contributed by atoms with van der Waals surface area (Å²) in [6.07, 6.45) is 11.5. The second kappa shape index (κ2) is 27.6. The van der Waals surface area contributed by atoms with Gasteiger partial charge in [0.1, 0.15) is 57.8 Å². The number of allylic oxidation sites excluding steroid dienone is 3. The number of aryl methyl sites for hydroxylation is 3. The summed E-state index contributed by atoms with van der Waals surface area (Å²) in [4.78, 5) is 6.09. The molecule has 0 aliphatic carbocycles. The Morgan fingerprint density at radius 3 is 0.682 bits per heavy atom. The molecule has 0 atom stereocenters. The van der Waals surface area contributed by atoms with Crippen molar-refractivity contribution >= 4 is 87.6 Å². The Morgan fingerprint density at radius 2 is 0.530 bits per heavy atom. The van der Waals surface area contributed by atoms with E-state index in [0.717, 1.165) is 50.8 Å². The smallest absolute Gasteiger partial charge is 0.165 e. The molecule has 0 fully saturated rings. The lowest BCUT2D eigenvalue weighted by Gasteiger charge is -2.32. The van der Waals surface area contributed by atoms with Crippen molar-refractivity contribution in [3.63, 3.8) is 0 Å². The second-order valence-electron chi connectivity index (χ2n) is 14.2. The summed E-state index contributed by atoms with van der Waals surface area (Å²) in [7, 11) is -3.04. The highest BCUT2D eigenvalue weighted by Crippen LogP contribution is 2.43. The van der Waals surface area contributed by atoms with Crippen LogP contribution in [0.2, 0.25) is 0 Å². The van der Waals surface area contributed by atoms with Crippen molar-refractivity contribution in [2.45, 2.75) is 20.8 Å². The molecule has 0 saturated heterocycles. The molecular formula is C42H48Cl6N6O12. The summed E-state index contributed by atoms with van der Waals surface area (Å²) in [5.41, 5.74) is 8.53. The zero-order valence-electron chi connectivity index (χ0n) is 37.0. The standard InChI is InChI=1S/C42H48Cl3N6.3ClHO4/c1-31-10-16-34(17-11-31)49(40(43)22-25-46(4)5)37-28-38(50(41(44)23-26-47(6)7)35-18-12-32(2)13-19-35)30-39(29-37)51(42(45)24-27-48(8)9)36-20-14-33(3)15-21-36;3*2-1(3,4)5/h10-30H,1-9H3;3*(H,2,3,4,5)/q+3;;;/p-3. The van der Waals surface area contributed by atoms with Crippen molar-refractivity contribution < 1.29 is 100 Å². The van der Waals surface area contributed by atoms with E-state index < -0.39 is 30.7 Å². The van der Waals surface area contributed by atoms with Crippen LogP contribution in [0.15, 0.2) is 125 Å².